The van der Waals surface area contributed by atoms with Gasteiger partial charge in [0.2, 0.25) is 0 Å². The molecule has 0 saturated heterocycles. The largest absolute Gasteiger partial charge is 0.321 e. The zero-order chi connectivity index (χ0) is 23.0. The molecule has 4 nitrogen and oxygen atoms in total. The van der Waals surface area contributed by atoms with Gasteiger partial charge in [0.15, 0.2) is 0 Å². The van der Waals surface area contributed by atoms with Crippen molar-refractivity contribution in [1.29, 1.82) is 0 Å². The third kappa shape index (κ3) is 3.93. The Kier molecular flexibility index (Phi) is 5.64. The Morgan fingerprint density at radius 3 is 2.28 bits per heavy atom. The van der Waals surface area contributed by atoms with Crippen LogP contribution in [-0.2, 0) is 0 Å². The maximum absolute atomic E-state index is 14.0. The molecule has 0 fully saturated rings. The van der Waals surface area contributed by atoms with Gasteiger partial charge in [-0.3, -0.25) is 9.59 Å². The van der Waals surface area contributed by atoms with Crippen molar-refractivity contribution in [3.8, 4) is 0 Å². The van der Waals surface area contributed by atoms with Crippen molar-refractivity contribution >= 4 is 23.2 Å². The van der Waals surface area contributed by atoms with Crippen LogP contribution in [0.25, 0.3) is 0 Å². The molecular formula is C28H30N2O2. The third-order valence-electron chi connectivity index (χ3n) is 6.47. The van der Waals surface area contributed by atoms with Crippen molar-refractivity contribution < 1.29 is 9.59 Å². The second-order valence-corrected chi connectivity index (χ2v) is 9.42. The highest BCUT2D eigenvalue weighted by atomic mass is 16.2. The van der Waals surface area contributed by atoms with Gasteiger partial charge in [0.05, 0.1) is 11.3 Å². The standard InChI is InChI=1S/C28H30N2O2/c1-18-15-23-20(3)17-28(4,5)30(25(23)16-19(18)2)27(32)22-13-9-10-14-24(22)29-26(31)21-11-7-6-8-12-21/h6-16,20H,17H2,1-5H3,(H,29,31). The number of fused-ring (bicyclic) bond motifs is 1. The molecule has 0 saturated carbocycles. The van der Waals surface area contributed by atoms with E-state index >= 15 is 0 Å². The lowest BCUT2D eigenvalue weighted by Gasteiger charge is -2.46. The highest BCUT2D eigenvalue weighted by Gasteiger charge is 2.41. The van der Waals surface area contributed by atoms with E-state index in [0.717, 1.165) is 17.7 Å². The second kappa shape index (κ2) is 8.27. The lowest BCUT2D eigenvalue weighted by molar-refractivity contribution is 0.0954. The zero-order valence-corrected chi connectivity index (χ0v) is 19.4. The number of carbonyl (C=O) groups is 2. The number of aryl methyl sites for hydroxylation is 2. The molecule has 1 heterocycles. The van der Waals surface area contributed by atoms with Crippen molar-refractivity contribution in [3.63, 3.8) is 0 Å². The van der Waals surface area contributed by atoms with Gasteiger partial charge in [0.1, 0.15) is 0 Å². The Morgan fingerprint density at radius 1 is 0.938 bits per heavy atom. The van der Waals surface area contributed by atoms with Crippen LogP contribution in [0, 0.1) is 13.8 Å². The molecule has 1 unspecified atom stereocenters. The third-order valence-corrected chi connectivity index (χ3v) is 6.47. The van der Waals surface area contributed by atoms with Crippen LogP contribution >= 0.6 is 0 Å². The van der Waals surface area contributed by atoms with Gasteiger partial charge < -0.3 is 10.2 Å². The highest BCUT2D eigenvalue weighted by molar-refractivity contribution is 6.14. The summed E-state index contributed by atoms with van der Waals surface area (Å²) in [5.41, 5.74) is 5.77. The van der Waals surface area contributed by atoms with Gasteiger partial charge in [-0.2, -0.15) is 0 Å². The predicted molar refractivity (Wildman–Crippen MR) is 131 cm³/mol. The number of benzene rings is 3. The number of nitrogens with one attached hydrogen (secondary N) is 1. The molecule has 1 N–H and O–H groups in total. The Hall–Kier alpha value is -3.40. The molecule has 164 valence electrons. The molecule has 0 spiro atoms. The Balaban J connectivity index is 1.76. The smallest absolute Gasteiger partial charge is 0.260 e. The van der Waals surface area contributed by atoms with Crippen molar-refractivity contribution in [2.75, 3.05) is 10.2 Å². The molecule has 3 aromatic carbocycles. The predicted octanol–water partition coefficient (Wildman–Crippen LogP) is 6.49. The highest BCUT2D eigenvalue weighted by Crippen LogP contribution is 2.45. The lowest BCUT2D eigenvalue weighted by atomic mass is 9.78. The van der Waals surface area contributed by atoms with Crippen molar-refractivity contribution in [2.24, 2.45) is 0 Å². The summed E-state index contributed by atoms with van der Waals surface area (Å²) in [5, 5.41) is 2.94. The first-order chi connectivity index (χ1) is 15.2. The molecule has 1 aliphatic heterocycles. The minimum atomic E-state index is -0.359. The van der Waals surface area contributed by atoms with Gasteiger partial charge in [-0.05, 0) is 87.1 Å². The Bertz CT molecular complexity index is 1180. The van der Waals surface area contributed by atoms with E-state index in [9.17, 15) is 9.59 Å². The Labute approximate surface area is 190 Å². The van der Waals surface area contributed by atoms with E-state index in [1.807, 2.05) is 35.2 Å². The van der Waals surface area contributed by atoms with Crippen LogP contribution in [0.2, 0.25) is 0 Å². The number of amides is 2. The summed E-state index contributed by atoms with van der Waals surface area (Å²) >= 11 is 0. The SMILES string of the molecule is Cc1cc2c(cc1C)N(C(=O)c1ccccc1NC(=O)c1ccccc1)C(C)(C)CC2C. The average molecular weight is 427 g/mol. The fourth-order valence-electron chi connectivity index (χ4n) is 4.76. The summed E-state index contributed by atoms with van der Waals surface area (Å²) in [5.74, 6) is 0.0241. The summed E-state index contributed by atoms with van der Waals surface area (Å²) in [6.45, 7) is 10.7. The van der Waals surface area contributed by atoms with Gasteiger partial charge in [-0.1, -0.05) is 43.3 Å². The van der Waals surface area contributed by atoms with Gasteiger partial charge in [-0.25, -0.2) is 0 Å². The molecule has 1 atom stereocenters. The average Bonchev–Trinajstić information content (AvgIpc) is 2.75. The molecule has 0 aliphatic carbocycles. The van der Waals surface area contributed by atoms with E-state index < -0.39 is 0 Å². The van der Waals surface area contributed by atoms with Crippen molar-refractivity contribution in [3.05, 3.63) is 94.5 Å². The first kappa shape index (κ1) is 21.8. The van der Waals surface area contributed by atoms with Crippen molar-refractivity contribution in [2.45, 2.75) is 52.5 Å². The molecule has 1 aliphatic rings. The van der Waals surface area contributed by atoms with E-state index in [2.05, 4.69) is 52.1 Å². The molecule has 0 radical (unpaired) electrons. The fraction of sp³-hybridized carbons (Fsp3) is 0.286. The van der Waals surface area contributed by atoms with E-state index in [-0.39, 0.29) is 17.4 Å². The molecule has 0 aromatic heterocycles. The monoisotopic (exact) mass is 426 g/mol. The first-order valence-electron chi connectivity index (χ1n) is 11.1. The first-order valence-corrected chi connectivity index (χ1v) is 11.1. The topological polar surface area (TPSA) is 49.4 Å². The van der Waals surface area contributed by atoms with E-state index in [4.69, 9.17) is 0 Å². The van der Waals surface area contributed by atoms with Crippen LogP contribution in [-0.4, -0.2) is 17.4 Å². The Morgan fingerprint density at radius 2 is 1.56 bits per heavy atom. The lowest BCUT2D eigenvalue weighted by Crippen LogP contribution is -2.52. The normalized spacial score (nSPS) is 16.9. The van der Waals surface area contributed by atoms with Crippen LogP contribution in [0.15, 0.2) is 66.7 Å². The van der Waals surface area contributed by atoms with Gasteiger partial charge >= 0.3 is 0 Å². The van der Waals surface area contributed by atoms with E-state index in [1.54, 1.807) is 24.3 Å². The number of nitrogens with zero attached hydrogens (tertiary/aromatic N) is 1. The minimum absolute atomic E-state index is 0.102. The quantitative estimate of drug-likeness (QED) is 0.520. The number of carbonyl (C=O) groups excluding carboxylic acids is 2. The van der Waals surface area contributed by atoms with Crippen LogP contribution in [0.3, 0.4) is 0 Å². The zero-order valence-electron chi connectivity index (χ0n) is 19.4. The van der Waals surface area contributed by atoms with Crippen molar-refractivity contribution in [1.82, 2.24) is 0 Å². The van der Waals surface area contributed by atoms with Gasteiger partial charge in [0, 0.05) is 16.8 Å². The number of hydrogen-bond donors (Lipinski definition) is 1. The summed E-state index contributed by atoms with van der Waals surface area (Å²) in [7, 11) is 0. The van der Waals surface area contributed by atoms with Gasteiger partial charge in [0.25, 0.3) is 11.8 Å². The molecular weight excluding hydrogens is 396 g/mol. The van der Waals surface area contributed by atoms with Crippen LogP contribution in [0.1, 0.15) is 70.5 Å². The summed E-state index contributed by atoms with van der Waals surface area (Å²) in [4.78, 5) is 28.7. The van der Waals surface area contributed by atoms with E-state index in [0.29, 0.717) is 22.7 Å². The van der Waals surface area contributed by atoms with E-state index in [1.165, 1.54) is 11.1 Å². The van der Waals surface area contributed by atoms with Gasteiger partial charge in [-0.15, -0.1) is 0 Å². The fourth-order valence-corrected chi connectivity index (χ4v) is 4.76. The maximum atomic E-state index is 14.0. The number of hydrogen-bond acceptors (Lipinski definition) is 2. The number of rotatable bonds is 3. The molecule has 2 amide bonds. The summed E-state index contributed by atoms with van der Waals surface area (Å²) < 4.78 is 0. The van der Waals surface area contributed by atoms with Crippen LogP contribution in [0.4, 0.5) is 11.4 Å². The molecule has 4 heteroatoms. The summed E-state index contributed by atoms with van der Waals surface area (Å²) in [6, 6.07) is 20.6. The molecule has 32 heavy (non-hydrogen) atoms. The van der Waals surface area contributed by atoms with Crippen LogP contribution in [0.5, 0.6) is 0 Å². The van der Waals surface area contributed by atoms with Crippen LogP contribution < -0.4 is 10.2 Å². The maximum Gasteiger partial charge on any atom is 0.260 e. The summed E-state index contributed by atoms with van der Waals surface area (Å²) in [6.07, 6.45) is 0.868. The number of para-hydroxylation sites is 1. The molecule has 3 aromatic rings. The minimum Gasteiger partial charge on any atom is -0.321 e. The molecule has 4 rings (SSSR count). The molecule has 0 bridgehead atoms. The number of anilines is 2. The second-order valence-electron chi connectivity index (χ2n) is 9.42.